The zero-order valence-corrected chi connectivity index (χ0v) is 17.2. The van der Waals surface area contributed by atoms with E-state index in [9.17, 15) is 18.3 Å². The molecule has 0 aliphatic heterocycles. The van der Waals surface area contributed by atoms with Crippen LogP contribution in [0.4, 0.5) is 0 Å². The molecule has 0 fully saturated rings. The van der Waals surface area contributed by atoms with Gasteiger partial charge in [-0.2, -0.15) is 18.1 Å². The highest BCUT2D eigenvalue weighted by Gasteiger charge is 2.19. The topological polar surface area (TPSA) is 120 Å². The van der Waals surface area contributed by atoms with E-state index in [1.165, 1.54) is 6.21 Å². The number of hydrogen-bond donors (Lipinski definition) is 3. The number of pyridine rings is 1. The van der Waals surface area contributed by atoms with E-state index in [1.54, 1.807) is 0 Å². The summed E-state index contributed by atoms with van der Waals surface area (Å²) in [5.41, 5.74) is 2.13. The number of carboxylic acids is 1. The van der Waals surface area contributed by atoms with Gasteiger partial charge in [0.1, 0.15) is 18.4 Å². The number of rotatable bonds is 5. The number of phenols is 1. The zero-order chi connectivity index (χ0) is 22.2. The summed E-state index contributed by atoms with van der Waals surface area (Å²) in [6.45, 7) is 0. The second kappa shape index (κ2) is 7.69. The van der Waals surface area contributed by atoms with Crippen LogP contribution in [0.5, 0.6) is 5.75 Å². The van der Waals surface area contributed by atoms with E-state index in [1.807, 2.05) is 55.6 Å². The molecule has 3 N–H and O–H groups in total. The molecule has 0 atom stereocenters. The van der Waals surface area contributed by atoms with Gasteiger partial charge in [0, 0.05) is 17.7 Å². The molecule has 0 aliphatic rings. The first-order valence-electron chi connectivity index (χ1n) is 9.20. The highest BCUT2D eigenvalue weighted by Crippen LogP contribution is 2.24. The summed E-state index contributed by atoms with van der Waals surface area (Å²) in [6, 6.07) is 18.4. The summed E-state index contributed by atoms with van der Waals surface area (Å²) in [7, 11) is -2.19. The molecule has 1 aromatic heterocycles. The maximum absolute atomic E-state index is 12.6. The van der Waals surface area contributed by atoms with Crippen molar-refractivity contribution in [3.63, 3.8) is 0 Å². The molecule has 0 radical (unpaired) electrons. The number of nitrogens with one attached hydrogen (secondary N) is 1. The van der Waals surface area contributed by atoms with Crippen molar-refractivity contribution in [3.8, 4) is 5.75 Å². The van der Waals surface area contributed by atoms with Gasteiger partial charge in [-0.1, -0.05) is 24.3 Å². The monoisotopic (exact) mass is 436 g/mol. The van der Waals surface area contributed by atoms with Gasteiger partial charge in [0.25, 0.3) is 10.0 Å². The molecule has 0 saturated heterocycles. The van der Waals surface area contributed by atoms with Gasteiger partial charge in [-0.15, -0.1) is 0 Å². The quantitative estimate of drug-likeness (QED) is 0.192. The fraction of sp³-hybridized carbons (Fsp3) is 0.0455. The Morgan fingerprint density at radius 2 is 1.58 bits per heavy atom. The summed E-state index contributed by atoms with van der Waals surface area (Å²) >= 11 is 0. The Morgan fingerprint density at radius 3 is 2.16 bits per heavy atom. The van der Waals surface area contributed by atoms with E-state index < -0.39 is 27.3 Å². The average Bonchev–Trinajstić information content (AvgIpc) is 2.76. The third kappa shape index (κ3) is 3.66. The number of sulfonamides is 1. The van der Waals surface area contributed by atoms with Crippen molar-refractivity contribution >= 4 is 44.0 Å². The van der Waals surface area contributed by atoms with E-state index in [0.717, 1.165) is 45.6 Å². The number of carbonyl (C=O) groups is 1. The zero-order valence-electron chi connectivity index (χ0n) is 16.4. The van der Waals surface area contributed by atoms with Crippen LogP contribution in [0.25, 0.3) is 21.8 Å². The molecular weight excluding hydrogens is 418 g/mol. The highest BCUT2D eigenvalue weighted by molar-refractivity contribution is 7.89. The Hall–Kier alpha value is -3.98. The van der Waals surface area contributed by atoms with E-state index in [0.29, 0.717) is 0 Å². The van der Waals surface area contributed by atoms with Crippen molar-refractivity contribution in [2.24, 2.45) is 12.1 Å². The van der Waals surface area contributed by atoms with Crippen LogP contribution in [-0.2, 0) is 17.1 Å². The Balaban J connectivity index is 1.76. The number of fused-ring (bicyclic) bond motifs is 2. The number of hydrogen-bond acceptors (Lipinski definition) is 5. The van der Waals surface area contributed by atoms with Crippen molar-refractivity contribution in [1.82, 2.24) is 4.83 Å². The minimum Gasteiger partial charge on any atom is -0.507 e. The van der Waals surface area contributed by atoms with Crippen LogP contribution in [0.3, 0.4) is 0 Å². The highest BCUT2D eigenvalue weighted by atomic mass is 32.2. The number of aromatic hydroxyl groups is 1. The second-order valence-electron chi connectivity index (χ2n) is 6.84. The minimum atomic E-state index is -4.15. The normalized spacial score (nSPS) is 11.9. The lowest BCUT2D eigenvalue weighted by molar-refractivity contribution is -0.617. The van der Waals surface area contributed by atoms with Gasteiger partial charge in [0.15, 0.2) is 0 Å². The Kier molecular flexibility index (Phi) is 5.04. The third-order valence-corrected chi connectivity index (χ3v) is 6.21. The summed E-state index contributed by atoms with van der Waals surface area (Å²) in [4.78, 5) is 13.0. The molecule has 0 unspecified atom stereocenters. The molecule has 0 bridgehead atoms. The van der Waals surface area contributed by atoms with E-state index >= 15 is 0 Å². The predicted octanol–water partition coefficient (Wildman–Crippen LogP) is 2.53. The maximum atomic E-state index is 12.6. The lowest BCUT2D eigenvalue weighted by Gasteiger charge is -2.08. The van der Waals surface area contributed by atoms with Crippen molar-refractivity contribution in [3.05, 3.63) is 77.9 Å². The number of aromatic carboxylic acids is 1. The van der Waals surface area contributed by atoms with Crippen LogP contribution in [0.2, 0.25) is 0 Å². The largest absolute Gasteiger partial charge is 0.507 e. The fourth-order valence-electron chi connectivity index (χ4n) is 3.47. The number of aromatic nitrogens is 1. The van der Waals surface area contributed by atoms with Gasteiger partial charge in [-0.25, -0.2) is 9.63 Å². The number of carboxylic acid groups (broad SMARTS) is 1. The first-order valence-corrected chi connectivity index (χ1v) is 10.7. The van der Waals surface area contributed by atoms with Gasteiger partial charge in [-0.05, 0) is 30.3 Å². The second-order valence-corrected chi connectivity index (χ2v) is 8.50. The van der Waals surface area contributed by atoms with Crippen molar-refractivity contribution in [2.45, 2.75) is 4.90 Å². The van der Waals surface area contributed by atoms with Gasteiger partial charge < -0.3 is 10.2 Å². The molecular formula is C22H18N3O5S+. The smallest absolute Gasteiger partial charge is 0.339 e. The van der Waals surface area contributed by atoms with E-state index in [-0.39, 0.29) is 4.90 Å². The molecule has 1 heterocycles. The first-order chi connectivity index (χ1) is 14.8. The molecule has 9 heteroatoms. The molecule has 8 nitrogen and oxygen atoms in total. The predicted molar refractivity (Wildman–Crippen MR) is 116 cm³/mol. The number of nitrogens with zero attached hydrogens (tertiary/aromatic N) is 2. The van der Waals surface area contributed by atoms with E-state index in [2.05, 4.69) is 14.5 Å². The van der Waals surface area contributed by atoms with Gasteiger partial charge >= 0.3 is 5.97 Å². The standard InChI is InChI=1S/C22H17N3O5S/c1-25-19-8-4-2-6-15(19)18(16-7-3-5-9-20(16)25)13-23-24-31(29,30)14-10-11-21(26)17(12-14)22(27)28/h2-13H,1H3,(H2,26,27,28)/p+1. The molecule has 31 heavy (non-hydrogen) atoms. The average molecular weight is 436 g/mol. The van der Waals surface area contributed by atoms with E-state index in [4.69, 9.17) is 5.11 Å². The lowest BCUT2D eigenvalue weighted by Crippen LogP contribution is -2.30. The summed E-state index contributed by atoms with van der Waals surface area (Å²) in [6.07, 6.45) is 1.43. The minimum absolute atomic E-state index is 0.325. The van der Waals surface area contributed by atoms with Crippen molar-refractivity contribution < 1.29 is 28.0 Å². The molecule has 4 aromatic rings. The van der Waals surface area contributed by atoms with Gasteiger partial charge in [0.2, 0.25) is 11.0 Å². The van der Waals surface area contributed by atoms with Gasteiger partial charge in [-0.3, -0.25) is 0 Å². The lowest BCUT2D eigenvalue weighted by atomic mass is 10.0. The summed E-state index contributed by atoms with van der Waals surface area (Å²) < 4.78 is 27.2. The molecule has 0 saturated carbocycles. The van der Waals surface area contributed by atoms with Crippen molar-refractivity contribution in [2.75, 3.05) is 0 Å². The fourth-order valence-corrected chi connectivity index (χ4v) is 4.29. The SMILES string of the molecule is C[n+]1c2ccccc2c(/C=N/NS(=O)(=O)c2ccc(O)c(C(=O)O)c2)c2ccccc21. The molecule has 156 valence electrons. The molecule has 3 aromatic carbocycles. The van der Waals surface area contributed by atoms with Crippen LogP contribution < -0.4 is 9.40 Å². The van der Waals surface area contributed by atoms with Gasteiger partial charge in [0.05, 0.1) is 21.9 Å². The Labute approximate surface area is 177 Å². The number of para-hydroxylation sites is 2. The first kappa shape index (κ1) is 20.3. The number of benzene rings is 3. The molecule has 4 rings (SSSR count). The number of hydrazone groups is 1. The van der Waals surface area contributed by atoms with Crippen molar-refractivity contribution in [1.29, 1.82) is 0 Å². The number of aryl methyl sites for hydroxylation is 1. The van der Waals surface area contributed by atoms with Crippen LogP contribution in [-0.4, -0.2) is 30.8 Å². The summed E-state index contributed by atoms with van der Waals surface area (Å²) in [5, 5.41) is 24.4. The summed E-state index contributed by atoms with van der Waals surface area (Å²) in [5.74, 6) is -1.96. The Bertz CT molecular complexity index is 1420. The third-order valence-electron chi connectivity index (χ3n) is 4.99. The van der Waals surface area contributed by atoms with Crippen LogP contribution in [0.15, 0.2) is 76.7 Å². The molecule has 0 amide bonds. The Morgan fingerprint density at radius 1 is 1.00 bits per heavy atom. The van der Waals surface area contributed by atoms with Crippen LogP contribution in [0, 0.1) is 0 Å². The maximum Gasteiger partial charge on any atom is 0.339 e. The van der Waals surface area contributed by atoms with Crippen LogP contribution in [0.1, 0.15) is 15.9 Å². The molecule has 0 aliphatic carbocycles. The van der Waals surface area contributed by atoms with Crippen LogP contribution >= 0.6 is 0 Å². The molecule has 0 spiro atoms.